The second-order valence-corrected chi connectivity index (χ2v) is 6.02. The van der Waals surface area contributed by atoms with Crippen LogP contribution in [-0.4, -0.2) is 17.9 Å². The van der Waals surface area contributed by atoms with Gasteiger partial charge in [0, 0.05) is 29.6 Å². The number of benzene rings is 3. The van der Waals surface area contributed by atoms with Gasteiger partial charge in [-0.15, -0.1) is 0 Å². The summed E-state index contributed by atoms with van der Waals surface area (Å²) in [5.41, 5.74) is 1.74. The lowest BCUT2D eigenvalue weighted by Gasteiger charge is -2.20. The number of rotatable bonds is 7. The maximum atomic E-state index is 13.0. The summed E-state index contributed by atoms with van der Waals surface area (Å²) in [6, 6.07) is 21.5. The summed E-state index contributed by atoms with van der Waals surface area (Å²) in [5, 5.41) is 17.0. The summed E-state index contributed by atoms with van der Waals surface area (Å²) in [4.78, 5) is 23.5. The third-order valence-electron chi connectivity index (χ3n) is 4.10. The molecule has 142 valence electrons. The van der Waals surface area contributed by atoms with Gasteiger partial charge in [0.05, 0.1) is 12.0 Å². The molecule has 1 atom stereocenters. The Morgan fingerprint density at radius 1 is 0.964 bits per heavy atom. The van der Waals surface area contributed by atoms with Gasteiger partial charge < -0.3 is 15.4 Å². The first-order chi connectivity index (χ1) is 13.6. The van der Waals surface area contributed by atoms with Crippen LogP contribution in [0, 0.1) is 10.1 Å². The number of nitro groups is 1. The van der Waals surface area contributed by atoms with Crippen LogP contribution in [0.1, 0.15) is 11.6 Å². The number of nitrogens with one attached hydrogen (secondary N) is 2. The molecule has 3 aromatic rings. The van der Waals surface area contributed by atoms with E-state index in [-0.39, 0.29) is 11.6 Å². The Morgan fingerprint density at radius 2 is 1.68 bits per heavy atom. The van der Waals surface area contributed by atoms with Crippen molar-refractivity contribution in [3.63, 3.8) is 0 Å². The highest BCUT2D eigenvalue weighted by Crippen LogP contribution is 2.25. The van der Waals surface area contributed by atoms with Crippen molar-refractivity contribution in [1.29, 1.82) is 0 Å². The minimum atomic E-state index is -0.741. The van der Waals surface area contributed by atoms with Gasteiger partial charge in [0.1, 0.15) is 11.8 Å². The fraction of sp³-hybridized carbons (Fsp3) is 0.0952. The van der Waals surface area contributed by atoms with E-state index in [4.69, 9.17) is 4.74 Å². The fourth-order valence-electron chi connectivity index (χ4n) is 2.74. The van der Waals surface area contributed by atoms with Gasteiger partial charge in [0.2, 0.25) is 0 Å². The maximum Gasteiger partial charge on any atom is 0.271 e. The maximum absolute atomic E-state index is 13.0. The molecule has 3 aromatic carbocycles. The molecule has 28 heavy (non-hydrogen) atoms. The second-order valence-electron chi connectivity index (χ2n) is 6.02. The molecule has 2 N–H and O–H groups in total. The van der Waals surface area contributed by atoms with Crippen molar-refractivity contribution in [2.45, 2.75) is 6.04 Å². The first kappa shape index (κ1) is 18.9. The molecule has 0 spiro atoms. The number of carbonyl (C=O) groups excluding carboxylic acids is 1. The number of nitro benzene ring substituents is 1. The number of amides is 1. The molecule has 7 heteroatoms. The zero-order valence-corrected chi connectivity index (χ0v) is 15.2. The molecule has 3 rings (SSSR count). The van der Waals surface area contributed by atoms with Crippen LogP contribution in [0.2, 0.25) is 0 Å². The standard InChI is InChI=1S/C21H19N3O4/c1-28-19-12-6-10-17(14-19)23-21(25)20(15-7-3-2-4-8-15)22-16-9-5-11-18(13-16)24(26)27/h2-14,20,22H,1H3,(H,23,25)/t20-/m0/s1. The second kappa shape index (κ2) is 8.68. The first-order valence-electron chi connectivity index (χ1n) is 8.57. The minimum absolute atomic E-state index is 0.0509. The smallest absolute Gasteiger partial charge is 0.271 e. The predicted octanol–water partition coefficient (Wildman–Crippen LogP) is 4.40. The number of anilines is 2. The van der Waals surface area contributed by atoms with Crippen molar-refractivity contribution in [3.8, 4) is 5.75 Å². The van der Waals surface area contributed by atoms with Crippen LogP contribution in [0.4, 0.5) is 17.1 Å². The van der Waals surface area contributed by atoms with Crippen molar-refractivity contribution in [2.75, 3.05) is 17.7 Å². The molecule has 0 fully saturated rings. The highest BCUT2D eigenvalue weighted by atomic mass is 16.6. The van der Waals surface area contributed by atoms with Crippen LogP contribution >= 0.6 is 0 Å². The van der Waals surface area contributed by atoms with E-state index in [1.165, 1.54) is 12.1 Å². The fourth-order valence-corrected chi connectivity index (χ4v) is 2.74. The lowest BCUT2D eigenvalue weighted by atomic mass is 10.1. The molecular formula is C21H19N3O4. The van der Waals surface area contributed by atoms with Crippen LogP contribution in [0.15, 0.2) is 78.9 Å². The summed E-state index contributed by atoms with van der Waals surface area (Å²) in [5.74, 6) is 0.326. The molecule has 0 saturated heterocycles. The summed E-state index contributed by atoms with van der Waals surface area (Å²) >= 11 is 0. The molecule has 0 heterocycles. The SMILES string of the molecule is COc1cccc(NC(=O)[C@@H](Nc2cccc([N+](=O)[O-])c2)c2ccccc2)c1. The molecule has 0 aliphatic rings. The van der Waals surface area contributed by atoms with Crippen molar-refractivity contribution in [3.05, 3.63) is 94.5 Å². The van der Waals surface area contributed by atoms with Gasteiger partial charge in [-0.1, -0.05) is 42.5 Å². The molecule has 0 saturated carbocycles. The Morgan fingerprint density at radius 3 is 2.39 bits per heavy atom. The van der Waals surface area contributed by atoms with Gasteiger partial charge in [0.15, 0.2) is 0 Å². The summed E-state index contributed by atoms with van der Waals surface area (Å²) < 4.78 is 5.18. The van der Waals surface area contributed by atoms with E-state index >= 15 is 0 Å². The van der Waals surface area contributed by atoms with Crippen molar-refractivity contribution in [1.82, 2.24) is 0 Å². The third-order valence-corrected chi connectivity index (χ3v) is 4.10. The summed E-state index contributed by atoms with van der Waals surface area (Å²) in [6.07, 6.45) is 0. The third kappa shape index (κ3) is 4.64. The van der Waals surface area contributed by atoms with Crippen molar-refractivity contribution >= 4 is 23.0 Å². The van der Waals surface area contributed by atoms with Gasteiger partial charge in [-0.3, -0.25) is 14.9 Å². The molecule has 0 unspecified atom stereocenters. The van der Waals surface area contributed by atoms with E-state index in [2.05, 4.69) is 10.6 Å². The van der Waals surface area contributed by atoms with Crippen molar-refractivity contribution < 1.29 is 14.5 Å². The Hall–Kier alpha value is -3.87. The minimum Gasteiger partial charge on any atom is -0.497 e. The average molecular weight is 377 g/mol. The van der Waals surface area contributed by atoms with Gasteiger partial charge >= 0.3 is 0 Å². The monoisotopic (exact) mass is 377 g/mol. The van der Waals surface area contributed by atoms with Crippen molar-refractivity contribution in [2.24, 2.45) is 0 Å². The highest BCUT2D eigenvalue weighted by Gasteiger charge is 2.21. The first-order valence-corrected chi connectivity index (χ1v) is 8.57. The van der Waals surface area contributed by atoms with Gasteiger partial charge in [-0.2, -0.15) is 0 Å². The molecule has 0 radical (unpaired) electrons. The largest absolute Gasteiger partial charge is 0.497 e. The lowest BCUT2D eigenvalue weighted by molar-refractivity contribution is -0.384. The molecule has 1 amide bonds. The van der Waals surface area contributed by atoms with E-state index in [1.54, 1.807) is 43.5 Å². The van der Waals surface area contributed by atoms with Gasteiger partial charge in [0.25, 0.3) is 11.6 Å². The van der Waals surface area contributed by atoms with E-state index in [0.29, 0.717) is 17.1 Å². The lowest BCUT2D eigenvalue weighted by Crippen LogP contribution is -2.27. The molecule has 0 bridgehead atoms. The zero-order chi connectivity index (χ0) is 19.9. The van der Waals surface area contributed by atoms with Crippen LogP contribution < -0.4 is 15.4 Å². The van der Waals surface area contributed by atoms with Crippen LogP contribution in [0.25, 0.3) is 0 Å². The molecule has 0 aliphatic heterocycles. The predicted molar refractivity (Wildman–Crippen MR) is 108 cm³/mol. The summed E-state index contributed by atoms with van der Waals surface area (Å²) in [7, 11) is 1.55. The molecule has 7 nitrogen and oxygen atoms in total. The van der Waals surface area contributed by atoms with Gasteiger partial charge in [-0.05, 0) is 23.8 Å². The quantitative estimate of drug-likeness (QED) is 0.470. The molecule has 0 aromatic heterocycles. The van der Waals surface area contributed by atoms with Crippen LogP contribution in [-0.2, 0) is 4.79 Å². The number of ether oxygens (including phenoxy) is 1. The number of methoxy groups -OCH3 is 1. The average Bonchev–Trinajstić information content (AvgIpc) is 2.73. The number of hydrogen-bond acceptors (Lipinski definition) is 5. The highest BCUT2D eigenvalue weighted by molar-refractivity contribution is 5.97. The molecule has 0 aliphatic carbocycles. The number of non-ortho nitro benzene ring substituents is 1. The Labute approximate surface area is 162 Å². The van der Waals surface area contributed by atoms with E-state index < -0.39 is 11.0 Å². The molecular weight excluding hydrogens is 358 g/mol. The number of hydrogen-bond donors (Lipinski definition) is 2. The Kier molecular flexibility index (Phi) is 5.86. The van der Waals surface area contributed by atoms with Crippen LogP contribution in [0.3, 0.4) is 0 Å². The van der Waals surface area contributed by atoms with Crippen LogP contribution in [0.5, 0.6) is 5.75 Å². The van der Waals surface area contributed by atoms with Gasteiger partial charge in [-0.25, -0.2) is 0 Å². The van der Waals surface area contributed by atoms with E-state index in [1.807, 2.05) is 30.3 Å². The zero-order valence-electron chi connectivity index (χ0n) is 15.2. The Bertz CT molecular complexity index is 976. The normalized spacial score (nSPS) is 11.3. The van der Waals surface area contributed by atoms with E-state index in [9.17, 15) is 14.9 Å². The topological polar surface area (TPSA) is 93.5 Å². The number of carbonyl (C=O) groups is 1. The summed E-state index contributed by atoms with van der Waals surface area (Å²) in [6.45, 7) is 0. The van der Waals surface area contributed by atoms with E-state index in [0.717, 1.165) is 5.56 Å². The Balaban J connectivity index is 1.88. The number of nitrogens with zero attached hydrogens (tertiary/aromatic N) is 1.